The maximum absolute atomic E-state index is 2.61. The molecule has 0 spiro atoms. The monoisotopic (exact) mass is 290 g/mol. The average molecular weight is 290 g/mol. The highest BCUT2D eigenvalue weighted by Gasteiger charge is 2.17. The molecular formula is C19H34N2. The largest absolute Gasteiger partial charge is 0.369 e. The van der Waals surface area contributed by atoms with E-state index in [1.165, 1.54) is 50.4 Å². The van der Waals surface area contributed by atoms with Crippen molar-refractivity contribution < 1.29 is 0 Å². The van der Waals surface area contributed by atoms with Gasteiger partial charge in [-0.3, -0.25) is 4.90 Å². The van der Waals surface area contributed by atoms with Crippen molar-refractivity contribution in [1.29, 1.82) is 0 Å². The molecule has 0 aliphatic carbocycles. The Labute approximate surface area is 132 Å². The molecule has 1 fully saturated rings. The molecule has 2 nitrogen and oxygen atoms in total. The second kappa shape index (κ2) is 9.83. The zero-order valence-corrected chi connectivity index (χ0v) is 14.7. The van der Waals surface area contributed by atoms with Crippen LogP contribution >= 0.6 is 0 Å². The molecule has 0 amide bonds. The molecule has 0 saturated carbocycles. The minimum atomic E-state index is 0.819. The van der Waals surface area contributed by atoms with Crippen molar-refractivity contribution in [2.24, 2.45) is 5.92 Å². The van der Waals surface area contributed by atoms with Gasteiger partial charge < -0.3 is 4.90 Å². The quantitative estimate of drug-likeness (QED) is 0.791. The third-order valence-corrected chi connectivity index (χ3v) is 4.08. The molecule has 1 saturated heterocycles. The molecule has 120 valence electrons. The summed E-state index contributed by atoms with van der Waals surface area (Å²) in [5.74, 6) is 0.819. The van der Waals surface area contributed by atoms with Crippen LogP contribution in [-0.4, -0.2) is 37.6 Å². The summed E-state index contributed by atoms with van der Waals surface area (Å²) in [5.41, 5.74) is 2.85. The molecule has 2 rings (SSSR count). The van der Waals surface area contributed by atoms with E-state index in [1.807, 2.05) is 13.8 Å². The van der Waals surface area contributed by atoms with Crippen molar-refractivity contribution in [3.05, 3.63) is 29.8 Å². The van der Waals surface area contributed by atoms with Crippen molar-refractivity contribution in [2.45, 2.75) is 47.5 Å². The summed E-state index contributed by atoms with van der Waals surface area (Å²) < 4.78 is 0. The van der Waals surface area contributed by atoms with Crippen LogP contribution in [0.2, 0.25) is 0 Å². The van der Waals surface area contributed by atoms with Gasteiger partial charge in [-0.1, -0.05) is 46.8 Å². The summed E-state index contributed by atoms with van der Waals surface area (Å²) in [6.07, 6.45) is 2.45. The van der Waals surface area contributed by atoms with Gasteiger partial charge in [0.1, 0.15) is 0 Å². The Kier molecular flexibility index (Phi) is 8.44. The van der Waals surface area contributed by atoms with Crippen LogP contribution in [-0.2, 0) is 6.42 Å². The first kappa shape index (κ1) is 18.0. The molecule has 0 aromatic heterocycles. The van der Waals surface area contributed by atoms with Crippen LogP contribution in [0.1, 0.15) is 46.6 Å². The lowest BCUT2D eigenvalue weighted by atomic mass is 10.1. The number of hydrogen-bond acceptors (Lipinski definition) is 2. The molecule has 1 aromatic rings. The van der Waals surface area contributed by atoms with Gasteiger partial charge in [0.05, 0.1) is 0 Å². The fourth-order valence-electron chi connectivity index (χ4n) is 2.64. The van der Waals surface area contributed by atoms with Gasteiger partial charge in [0.15, 0.2) is 0 Å². The highest BCUT2D eigenvalue weighted by molar-refractivity contribution is 5.49. The number of aryl methyl sites for hydroxylation is 1. The molecule has 2 heteroatoms. The van der Waals surface area contributed by atoms with E-state index in [4.69, 9.17) is 0 Å². The van der Waals surface area contributed by atoms with E-state index in [0.29, 0.717) is 0 Å². The number of anilines is 1. The zero-order chi connectivity index (χ0) is 15.7. The Hall–Kier alpha value is -1.02. The third-order valence-electron chi connectivity index (χ3n) is 4.08. The minimum Gasteiger partial charge on any atom is -0.369 e. The normalized spacial score (nSPS) is 15.8. The number of hydrogen-bond donors (Lipinski definition) is 0. The van der Waals surface area contributed by atoms with Crippen LogP contribution in [0.5, 0.6) is 0 Å². The maximum Gasteiger partial charge on any atom is 0.0369 e. The first-order chi connectivity index (χ1) is 10.2. The smallest absolute Gasteiger partial charge is 0.0369 e. The third kappa shape index (κ3) is 6.09. The first-order valence-electron chi connectivity index (χ1n) is 8.75. The lowest BCUT2D eigenvalue weighted by molar-refractivity contribution is 0.243. The van der Waals surface area contributed by atoms with Gasteiger partial charge >= 0.3 is 0 Å². The van der Waals surface area contributed by atoms with E-state index in [1.54, 1.807) is 0 Å². The van der Waals surface area contributed by atoms with Gasteiger partial charge in [-0.25, -0.2) is 0 Å². The Balaban J connectivity index is 0.00000106. The SMILES string of the molecule is CC.CCc1cccc(N2CCN(CCC(C)C)CC2)c1. The highest BCUT2D eigenvalue weighted by atomic mass is 15.3. The minimum absolute atomic E-state index is 0.819. The van der Waals surface area contributed by atoms with Crippen molar-refractivity contribution >= 4 is 5.69 Å². The molecular weight excluding hydrogens is 256 g/mol. The topological polar surface area (TPSA) is 6.48 Å². The Morgan fingerprint density at radius 1 is 1.05 bits per heavy atom. The fourth-order valence-corrected chi connectivity index (χ4v) is 2.64. The van der Waals surface area contributed by atoms with Gasteiger partial charge in [-0.15, -0.1) is 0 Å². The number of nitrogens with zero attached hydrogens (tertiary/aromatic N) is 2. The second-order valence-electron chi connectivity index (χ2n) is 6.03. The Morgan fingerprint density at radius 2 is 1.71 bits per heavy atom. The zero-order valence-electron chi connectivity index (χ0n) is 14.7. The van der Waals surface area contributed by atoms with E-state index in [2.05, 4.69) is 54.8 Å². The van der Waals surface area contributed by atoms with E-state index in [9.17, 15) is 0 Å². The lowest BCUT2D eigenvalue weighted by Crippen LogP contribution is -2.46. The summed E-state index contributed by atoms with van der Waals surface area (Å²) in [6.45, 7) is 16.9. The summed E-state index contributed by atoms with van der Waals surface area (Å²) in [5, 5.41) is 0. The molecule has 1 aromatic carbocycles. The van der Waals surface area contributed by atoms with Crippen LogP contribution < -0.4 is 4.90 Å². The van der Waals surface area contributed by atoms with Crippen LogP contribution in [0, 0.1) is 5.92 Å². The predicted octanol–water partition coefficient (Wildman–Crippen LogP) is 4.44. The van der Waals surface area contributed by atoms with Crippen LogP contribution in [0.4, 0.5) is 5.69 Å². The summed E-state index contributed by atoms with van der Waals surface area (Å²) in [7, 11) is 0. The molecule has 1 heterocycles. The lowest BCUT2D eigenvalue weighted by Gasteiger charge is -2.36. The van der Waals surface area contributed by atoms with Gasteiger partial charge in [-0.05, 0) is 43.0 Å². The molecule has 0 N–H and O–H groups in total. The Bertz CT molecular complexity index is 379. The highest BCUT2D eigenvalue weighted by Crippen LogP contribution is 2.18. The Morgan fingerprint density at radius 3 is 2.29 bits per heavy atom. The van der Waals surface area contributed by atoms with E-state index >= 15 is 0 Å². The molecule has 0 atom stereocenters. The molecule has 0 bridgehead atoms. The average Bonchev–Trinajstić information content (AvgIpc) is 2.55. The molecule has 21 heavy (non-hydrogen) atoms. The fraction of sp³-hybridized carbons (Fsp3) is 0.684. The first-order valence-corrected chi connectivity index (χ1v) is 8.75. The number of benzene rings is 1. The van der Waals surface area contributed by atoms with E-state index < -0.39 is 0 Å². The number of rotatable bonds is 5. The summed E-state index contributed by atoms with van der Waals surface area (Å²) in [6, 6.07) is 9.02. The van der Waals surface area contributed by atoms with Crippen molar-refractivity contribution in [1.82, 2.24) is 4.90 Å². The van der Waals surface area contributed by atoms with Crippen LogP contribution in [0.15, 0.2) is 24.3 Å². The van der Waals surface area contributed by atoms with E-state index in [-0.39, 0.29) is 0 Å². The van der Waals surface area contributed by atoms with Crippen molar-refractivity contribution in [3.8, 4) is 0 Å². The van der Waals surface area contributed by atoms with Gasteiger partial charge in [-0.2, -0.15) is 0 Å². The second-order valence-corrected chi connectivity index (χ2v) is 6.03. The van der Waals surface area contributed by atoms with Gasteiger partial charge in [0.2, 0.25) is 0 Å². The van der Waals surface area contributed by atoms with Gasteiger partial charge in [0.25, 0.3) is 0 Å². The van der Waals surface area contributed by atoms with E-state index in [0.717, 1.165) is 12.3 Å². The molecule has 0 unspecified atom stereocenters. The molecule has 1 aliphatic heterocycles. The molecule has 0 radical (unpaired) electrons. The summed E-state index contributed by atoms with van der Waals surface area (Å²) in [4.78, 5) is 5.14. The number of piperazine rings is 1. The van der Waals surface area contributed by atoms with Crippen LogP contribution in [0.3, 0.4) is 0 Å². The standard InChI is InChI=1S/C17H28N2.C2H6/c1-4-16-6-5-7-17(14-16)19-12-10-18(11-13-19)9-8-15(2)3;1-2/h5-7,14-15H,4,8-13H2,1-3H3;1-2H3. The molecule has 1 aliphatic rings. The van der Waals surface area contributed by atoms with Crippen LogP contribution in [0.25, 0.3) is 0 Å². The van der Waals surface area contributed by atoms with Gasteiger partial charge in [0, 0.05) is 31.9 Å². The predicted molar refractivity (Wildman–Crippen MR) is 95.3 cm³/mol. The summed E-state index contributed by atoms with van der Waals surface area (Å²) >= 11 is 0. The van der Waals surface area contributed by atoms with Crippen molar-refractivity contribution in [3.63, 3.8) is 0 Å². The maximum atomic E-state index is 2.61. The van der Waals surface area contributed by atoms with Crippen molar-refractivity contribution in [2.75, 3.05) is 37.6 Å².